The average Bonchev–Trinajstić information content (AvgIpc) is 2.25. The van der Waals surface area contributed by atoms with Gasteiger partial charge in [0.1, 0.15) is 5.82 Å². The van der Waals surface area contributed by atoms with Crippen LogP contribution in [0.5, 0.6) is 0 Å². The van der Waals surface area contributed by atoms with Crippen molar-refractivity contribution in [2.24, 2.45) is 0 Å². The Morgan fingerprint density at radius 1 is 1.43 bits per heavy atom. The Morgan fingerprint density at radius 2 is 2.29 bits per heavy atom. The topological polar surface area (TPSA) is 43.4 Å². The number of hydrogen-bond donors (Lipinski definition) is 1. The van der Waals surface area contributed by atoms with Crippen LogP contribution in [0.2, 0.25) is 0 Å². The highest BCUT2D eigenvalue weighted by Gasteiger charge is 2.05. The molecule has 1 aromatic rings. The molecule has 0 aliphatic heterocycles. The maximum absolute atomic E-state index is 5.20. The van der Waals surface area contributed by atoms with E-state index in [2.05, 4.69) is 10.3 Å². The third kappa shape index (κ3) is 3.72. The van der Waals surface area contributed by atoms with Gasteiger partial charge in [0.2, 0.25) is 0 Å². The van der Waals surface area contributed by atoms with Crippen LogP contribution in [0.4, 0.5) is 5.82 Å². The lowest BCUT2D eigenvalue weighted by Crippen LogP contribution is -2.26. The zero-order valence-electron chi connectivity index (χ0n) is 8.56. The lowest BCUT2D eigenvalue weighted by Gasteiger charge is -2.15. The summed E-state index contributed by atoms with van der Waals surface area (Å²) in [6, 6.07) is 5.74. The monoisotopic (exact) mass is 196 g/mol. The predicted molar refractivity (Wildman–Crippen MR) is 55.4 cm³/mol. The molecule has 0 amide bonds. The molecule has 1 rings (SSSR count). The summed E-state index contributed by atoms with van der Waals surface area (Å²) in [6.07, 6.45) is 1.81. The Kier molecular flexibility index (Phi) is 4.96. The van der Waals surface area contributed by atoms with Crippen molar-refractivity contribution >= 4 is 5.82 Å². The van der Waals surface area contributed by atoms with Crippen LogP contribution in [0.1, 0.15) is 0 Å². The number of pyridine rings is 1. The predicted octanol–water partition coefficient (Wildman–Crippen LogP) is 1.15. The number of ether oxygens (including phenoxy) is 2. The first-order chi connectivity index (χ1) is 6.86. The van der Waals surface area contributed by atoms with Crippen molar-refractivity contribution in [2.75, 3.05) is 32.7 Å². The van der Waals surface area contributed by atoms with Crippen LogP contribution in [0, 0.1) is 0 Å². The SMILES string of the molecule is COCC(CNc1ccccn1)OC. The molecule has 0 aliphatic rings. The Hall–Kier alpha value is -1.13. The fourth-order valence-corrected chi connectivity index (χ4v) is 1.08. The molecular weight excluding hydrogens is 180 g/mol. The molecule has 0 bridgehead atoms. The van der Waals surface area contributed by atoms with Crippen LogP contribution in [-0.2, 0) is 9.47 Å². The van der Waals surface area contributed by atoms with Crippen molar-refractivity contribution in [3.63, 3.8) is 0 Å². The molecule has 1 unspecified atom stereocenters. The number of rotatable bonds is 6. The van der Waals surface area contributed by atoms with Crippen LogP contribution < -0.4 is 5.32 Å². The number of methoxy groups -OCH3 is 2. The second-order valence-electron chi connectivity index (χ2n) is 2.91. The second kappa shape index (κ2) is 6.34. The highest BCUT2D eigenvalue weighted by molar-refractivity contribution is 5.33. The van der Waals surface area contributed by atoms with Crippen LogP contribution in [0.15, 0.2) is 24.4 Å². The van der Waals surface area contributed by atoms with E-state index in [1.165, 1.54) is 0 Å². The lowest BCUT2D eigenvalue weighted by atomic mass is 10.3. The fraction of sp³-hybridized carbons (Fsp3) is 0.500. The van der Waals surface area contributed by atoms with Gasteiger partial charge < -0.3 is 14.8 Å². The number of nitrogens with one attached hydrogen (secondary N) is 1. The number of anilines is 1. The van der Waals surface area contributed by atoms with Gasteiger partial charge in [-0.2, -0.15) is 0 Å². The van der Waals surface area contributed by atoms with Crippen molar-refractivity contribution in [2.45, 2.75) is 6.10 Å². The summed E-state index contributed by atoms with van der Waals surface area (Å²) in [7, 11) is 3.33. The minimum absolute atomic E-state index is 0.0574. The summed E-state index contributed by atoms with van der Waals surface area (Å²) in [6.45, 7) is 1.28. The van der Waals surface area contributed by atoms with E-state index in [-0.39, 0.29) is 6.10 Å². The lowest BCUT2D eigenvalue weighted by molar-refractivity contribution is 0.0365. The molecule has 0 fully saturated rings. The average molecular weight is 196 g/mol. The first-order valence-electron chi connectivity index (χ1n) is 4.53. The molecule has 1 N–H and O–H groups in total. The summed E-state index contributed by atoms with van der Waals surface area (Å²) >= 11 is 0. The summed E-state index contributed by atoms with van der Waals surface area (Å²) < 4.78 is 10.2. The van der Waals surface area contributed by atoms with Crippen molar-refractivity contribution in [1.29, 1.82) is 0 Å². The van der Waals surface area contributed by atoms with Crippen molar-refractivity contribution < 1.29 is 9.47 Å². The maximum atomic E-state index is 5.20. The van der Waals surface area contributed by atoms with Gasteiger partial charge >= 0.3 is 0 Å². The number of hydrogen-bond acceptors (Lipinski definition) is 4. The van der Waals surface area contributed by atoms with Gasteiger partial charge in [0.05, 0.1) is 12.7 Å². The van der Waals surface area contributed by atoms with Crippen LogP contribution in [-0.4, -0.2) is 38.5 Å². The zero-order valence-corrected chi connectivity index (χ0v) is 8.56. The molecule has 1 atom stereocenters. The van der Waals surface area contributed by atoms with Crippen molar-refractivity contribution in [3.05, 3.63) is 24.4 Å². The molecule has 4 heteroatoms. The second-order valence-corrected chi connectivity index (χ2v) is 2.91. The van der Waals surface area contributed by atoms with Gasteiger partial charge in [-0.05, 0) is 12.1 Å². The normalized spacial score (nSPS) is 12.4. The fourth-order valence-electron chi connectivity index (χ4n) is 1.08. The molecular formula is C10H16N2O2. The van der Waals surface area contributed by atoms with E-state index in [1.54, 1.807) is 20.4 Å². The quantitative estimate of drug-likeness (QED) is 0.741. The molecule has 78 valence electrons. The third-order valence-corrected chi connectivity index (χ3v) is 1.86. The van der Waals surface area contributed by atoms with Gasteiger partial charge in [0.15, 0.2) is 0 Å². The van der Waals surface area contributed by atoms with E-state index >= 15 is 0 Å². The molecule has 0 aromatic carbocycles. The minimum Gasteiger partial charge on any atom is -0.382 e. The first kappa shape index (κ1) is 10.9. The Balaban J connectivity index is 2.32. The Bertz CT molecular complexity index is 241. The molecule has 1 aromatic heterocycles. The number of nitrogens with zero attached hydrogens (tertiary/aromatic N) is 1. The summed E-state index contributed by atoms with van der Waals surface area (Å²) in [5.41, 5.74) is 0. The smallest absolute Gasteiger partial charge is 0.125 e. The molecule has 0 saturated carbocycles. The highest BCUT2D eigenvalue weighted by atomic mass is 16.5. The largest absolute Gasteiger partial charge is 0.382 e. The van der Waals surface area contributed by atoms with E-state index in [4.69, 9.17) is 9.47 Å². The van der Waals surface area contributed by atoms with E-state index in [9.17, 15) is 0 Å². The Morgan fingerprint density at radius 3 is 2.86 bits per heavy atom. The van der Waals surface area contributed by atoms with E-state index in [0.29, 0.717) is 13.2 Å². The molecule has 0 saturated heterocycles. The first-order valence-corrected chi connectivity index (χ1v) is 4.53. The van der Waals surface area contributed by atoms with Crippen molar-refractivity contribution in [1.82, 2.24) is 4.98 Å². The molecule has 0 aliphatic carbocycles. The summed E-state index contributed by atoms with van der Waals surface area (Å²) in [5.74, 6) is 0.852. The van der Waals surface area contributed by atoms with Crippen LogP contribution in [0.3, 0.4) is 0 Å². The zero-order chi connectivity index (χ0) is 10.2. The number of aromatic nitrogens is 1. The Labute approximate surface area is 84.3 Å². The van der Waals surface area contributed by atoms with E-state index < -0.39 is 0 Å². The molecule has 4 nitrogen and oxygen atoms in total. The van der Waals surface area contributed by atoms with Gasteiger partial charge in [0, 0.05) is 27.0 Å². The summed E-state index contributed by atoms with van der Waals surface area (Å²) in [4.78, 5) is 4.14. The molecule has 0 spiro atoms. The maximum Gasteiger partial charge on any atom is 0.125 e. The third-order valence-electron chi connectivity index (χ3n) is 1.86. The molecule has 0 radical (unpaired) electrons. The standard InChI is InChI=1S/C10H16N2O2/c1-13-8-9(14-2)7-12-10-5-3-4-6-11-10/h3-6,9H,7-8H2,1-2H3,(H,11,12). The van der Waals surface area contributed by atoms with E-state index in [0.717, 1.165) is 5.82 Å². The van der Waals surface area contributed by atoms with Gasteiger partial charge in [-0.1, -0.05) is 6.07 Å². The molecule has 14 heavy (non-hydrogen) atoms. The van der Waals surface area contributed by atoms with Gasteiger partial charge in [-0.15, -0.1) is 0 Å². The van der Waals surface area contributed by atoms with Gasteiger partial charge in [0.25, 0.3) is 0 Å². The van der Waals surface area contributed by atoms with E-state index in [1.807, 2.05) is 18.2 Å². The minimum atomic E-state index is 0.0574. The highest BCUT2D eigenvalue weighted by Crippen LogP contribution is 2.00. The van der Waals surface area contributed by atoms with Gasteiger partial charge in [-0.3, -0.25) is 0 Å². The summed E-state index contributed by atoms with van der Waals surface area (Å²) in [5, 5.41) is 3.16. The van der Waals surface area contributed by atoms with Gasteiger partial charge in [-0.25, -0.2) is 4.98 Å². The van der Waals surface area contributed by atoms with Crippen molar-refractivity contribution in [3.8, 4) is 0 Å². The van der Waals surface area contributed by atoms with Crippen LogP contribution >= 0.6 is 0 Å². The van der Waals surface area contributed by atoms with Crippen LogP contribution in [0.25, 0.3) is 0 Å². The molecule has 1 heterocycles.